The summed E-state index contributed by atoms with van der Waals surface area (Å²) in [4.78, 5) is 0. The van der Waals surface area contributed by atoms with Gasteiger partial charge in [0.25, 0.3) is 0 Å². The molecule has 16 heavy (non-hydrogen) atoms. The highest BCUT2D eigenvalue weighted by Gasteiger charge is 2.15. The lowest BCUT2D eigenvalue weighted by molar-refractivity contribution is 0.403. The highest BCUT2D eigenvalue weighted by molar-refractivity contribution is 9.10. The number of halogens is 1. The Morgan fingerprint density at radius 1 is 1.56 bits per heavy atom. The molecule has 0 saturated carbocycles. The van der Waals surface area contributed by atoms with Crippen LogP contribution in [0.5, 0.6) is 5.75 Å². The van der Waals surface area contributed by atoms with E-state index in [0.29, 0.717) is 6.04 Å². The first kappa shape index (κ1) is 12.3. The molecule has 1 aromatic rings. The molecule has 1 aromatic carbocycles. The summed E-state index contributed by atoms with van der Waals surface area (Å²) in [7, 11) is 1.72. The van der Waals surface area contributed by atoms with Gasteiger partial charge in [-0.05, 0) is 34.2 Å². The first-order valence-corrected chi connectivity index (χ1v) is 7.38. The van der Waals surface area contributed by atoms with E-state index < -0.39 is 0 Å². The zero-order chi connectivity index (χ0) is 11.4. The third-order valence-electron chi connectivity index (χ3n) is 2.76. The Bertz CT molecular complexity index is 353. The van der Waals surface area contributed by atoms with Crippen molar-refractivity contribution >= 4 is 27.7 Å². The highest BCUT2D eigenvalue weighted by Crippen LogP contribution is 2.29. The van der Waals surface area contributed by atoms with Crippen molar-refractivity contribution < 1.29 is 4.74 Å². The summed E-state index contributed by atoms with van der Waals surface area (Å²) in [6.45, 7) is 0.883. The predicted octanol–water partition coefficient (Wildman–Crippen LogP) is 3.05. The molecule has 4 heteroatoms. The van der Waals surface area contributed by atoms with Crippen LogP contribution in [-0.2, 0) is 6.54 Å². The zero-order valence-corrected chi connectivity index (χ0v) is 11.7. The van der Waals surface area contributed by atoms with Crippen LogP contribution in [-0.4, -0.2) is 24.7 Å². The Morgan fingerprint density at radius 2 is 2.44 bits per heavy atom. The van der Waals surface area contributed by atoms with E-state index in [9.17, 15) is 0 Å². The number of nitrogens with one attached hydrogen (secondary N) is 1. The number of para-hydroxylation sites is 1. The van der Waals surface area contributed by atoms with Crippen molar-refractivity contribution in [1.82, 2.24) is 5.32 Å². The van der Waals surface area contributed by atoms with E-state index >= 15 is 0 Å². The zero-order valence-electron chi connectivity index (χ0n) is 9.33. The van der Waals surface area contributed by atoms with Crippen LogP contribution in [0.15, 0.2) is 22.7 Å². The lowest BCUT2D eigenvalue weighted by Gasteiger charge is -2.14. The van der Waals surface area contributed by atoms with Gasteiger partial charge in [0, 0.05) is 23.9 Å². The van der Waals surface area contributed by atoms with Crippen LogP contribution in [0.25, 0.3) is 0 Å². The molecule has 0 radical (unpaired) electrons. The van der Waals surface area contributed by atoms with E-state index in [0.717, 1.165) is 16.8 Å². The Kier molecular flexibility index (Phi) is 4.55. The van der Waals surface area contributed by atoms with Gasteiger partial charge in [-0.1, -0.05) is 12.1 Å². The van der Waals surface area contributed by atoms with Crippen LogP contribution in [0.2, 0.25) is 0 Å². The molecule has 2 nitrogen and oxygen atoms in total. The number of thioether (sulfide) groups is 1. The first-order valence-electron chi connectivity index (χ1n) is 5.44. The van der Waals surface area contributed by atoms with Crippen LogP contribution in [0, 0.1) is 0 Å². The molecule has 1 heterocycles. The summed E-state index contributed by atoms with van der Waals surface area (Å²) in [6, 6.07) is 6.83. The number of methoxy groups -OCH3 is 1. The van der Waals surface area contributed by atoms with Crippen molar-refractivity contribution in [2.45, 2.75) is 19.0 Å². The summed E-state index contributed by atoms with van der Waals surface area (Å²) in [5.41, 5.74) is 1.22. The second-order valence-corrected chi connectivity index (χ2v) is 5.88. The van der Waals surface area contributed by atoms with E-state index in [2.05, 4.69) is 27.3 Å². The second-order valence-electron chi connectivity index (χ2n) is 3.87. The van der Waals surface area contributed by atoms with Gasteiger partial charge < -0.3 is 10.1 Å². The lowest BCUT2D eigenvalue weighted by atomic mass is 10.2. The van der Waals surface area contributed by atoms with Gasteiger partial charge in [-0.3, -0.25) is 0 Å². The SMILES string of the molecule is COc1c(Br)cccc1CNC1CCSC1. The molecule has 2 rings (SSSR count). The molecule has 1 atom stereocenters. The van der Waals surface area contributed by atoms with E-state index in [1.54, 1.807) is 7.11 Å². The van der Waals surface area contributed by atoms with Crippen molar-refractivity contribution in [2.75, 3.05) is 18.6 Å². The number of hydrogen-bond acceptors (Lipinski definition) is 3. The largest absolute Gasteiger partial charge is 0.495 e. The van der Waals surface area contributed by atoms with Crippen LogP contribution >= 0.6 is 27.7 Å². The summed E-state index contributed by atoms with van der Waals surface area (Å²) in [5, 5.41) is 3.58. The monoisotopic (exact) mass is 301 g/mol. The molecule has 1 aliphatic rings. The second kappa shape index (κ2) is 5.94. The van der Waals surface area contributed by atoms with Crippen molar-refractivity contribution in [3.05, 3.63) is 28.2 Å². The number of hydrogen-bond donors (Lipinski definition) is 1. The van der Waals surface area contributed by atoms with Crippen LogP contribution in [0.4, 0.5) is 0 Å². The van der Waals surface area contributed by atoms with Gasteiger partial charge in [0.05, 0.1) is 11.6 Å². The summed E-state index contributed by atoms with van der Waals surface area (Å²) in [6.07, 6.45) is 1.28. The smallest absolute Gasteiger partial charge is 0.137 e. The first-order chi connectivity index (χ1) is 7.81. The fourth-order valence-corrected chi connectivity index (χ4v) is 3.63. The maximum absolute atomic E-state index is 5.40. The molecule has 1 aliphatic heterocycles. The molecule has 0 bridgehead atoms. The van der Waals surface area contributed by atoms with Crippen LogP contribution in [0.3, 0.4) is 0 Å². The van der Waals surface area contributed by atoms with Gasteiger partial charge in [-0.15, -0.1) is 0 Å². The topological polar surface area (TPSA) is 21.3 Å². The Balaban J connectivity index is 2.00. The number of benzene rings is 1. The van der Waals surface area contributed by atoms with Gasteiger partial charge >= 0.3 is 0 Å². The van der Waals surface area contributed by atoms with E-state index in [-0.39, 0.29) is 0 Å². The third kappa shape index (κ3) is 2.93. The molecule has 1 unspecified atom stereocenters. The summed E-state index contributed by atoms with van der Waals surface area (Å²) in [5.74, 6) is 3.46. The molecule has 0 amide bonds. The van der Waals surface area contributed by atoms with Crippen molar-refractivity contribution in [2.24, 2.45) is 0 Å². The van der Waals surface area contributed by atoms with Crippen LogP contribution < -0.4 is 10.1 Å². The van der Waals surface area contributed by atoms with Gasteiger partial charge in [0.15, 0.2) is 0 Å². The van der Waals surface area contributed by atoms with E-state index in [1.807, 2.05) is 23.9 Å². The maximum atomic E-state index is 5.40. The number of rotatable bonds is 4. The average molecular weight is 302 g/mol. The molecular formula is C12H16BrNOS. The van der Waals surface area contributed by atoms with Gasteiger partial charge in [-0.2, -0.15) is 11.8 Å². The minimum Gasteiger partial charge on any atom is -0.495 e. The van der Waals surface area contributed by atoms with Crippen molar-refractivity contribution in [3.8, 4) is 5.75 Å². The molecule has 1 N–H and O–H groups in total. The fourth-order valence-electron chi connectivity index (χ4n) is 1.87. The molecule has 0 spiro atoms. The minimum absolute atomic E-state index is 0.661. The average Bonchev–Trinajstić information content (AvgIpc) is 2.79. The quantitative estimate of drug-likeness (QED) is 0.923. The van der Waals surface area contributed by atoms with Gasteiger partial charge in [0.1, 0.15) is 5.75 Å². The fraction of sp³-hybridized carbons (Fsp3) is 0.500. The van der Waals surface area contributed by atoms with Gasteiger partial charge in [-0.25, -0.2) is 0 Å². The predicted molar refractivity (Wildman–Crippen MR) is 73.3 cm³/mol. The molecule has 88 valence electrons. The van der Waals surface area contributed by atoms with Crippen LogP contribution in [0.1, 0.15) is 12.0 Å². The Morgan fingerprint density at radius 3 is 3.12 bits per heavy atom. The van der Waals surface area contributed by atoms with Crippen molar-refractivity contribution in [3.63, 3.8) is 0 Å². The molecule has 0 aliphatic carbocycles. The number of ether oxygens (including phenoxy) is 1. The van der Waals surface area contributed by atoms with E-state index in [4.69, 9.17) is 4.74 Å². The van der Waals surface area contributed by atoms with Gasteiger partial charge in [0.2, 0.25) is 0 Å². The summed E-state index contributed by atoms with van der Waals surface area (Å²) < 4.78 is 6.42. The standard InChI is InChI=1S/C12H16BrNOS/c1-15-12-9(3-2-4-11(12)13)7-14-10-5-6-16-8-10/h2-4,10,14H,5-8H2,1H3. The Labute approximate surface area is 109 Å². The molecular weight excluding hydrogens is 286 g/mol. The minimum atomic E-state index is 0.661. The lowest BCUT2D eigenvalue weighted by Crippen LogP contribution is -2.28. The molecule has 1 fully saturated rings. The summed E-state index contributed by atoms with van der Waals surface area (Å²) >= 11 is 5.53. The highest BCUT2D eigenvalue weighted by atomic mass is 79.9. The maximum Gasteiger partial charge on any atom is 0.137 e. The van der Waals surface area contributed by atoms with Crippen molar-refractivity contribution in [1.29, 1.82) is 0 Å². The third-order valence-corrected chi connectivity index (χ3v) is 4.55. The van der Waals surface area contributed by atoms with E-state index in [1.165, 1.54) is 23.5 Å². The normalized spacial score (nSPS) is 20.0. The Hall–Kier alpha value is -0.190. The molecule has 0 aromatic heterocycles. The molecule has 1 saturated heterocycles.